The van der Waals surface area contributed by atoms with Crippen LogP contribution in [-0.4, -0.2) is 19.3 Å². The quantitative estimate of drug-likeness (QED) is 0.779. The van der Waals surface area contributed by atoms with Crippen LogP contribution >= 0.6 is 0 Å². The molecule has 5 nitrogen and oxygen atoms in total. The van der Waals surface area contributed by atoms with E-state index in [2.05, 4.69) is 0 Å². The van der Waals surface area contributed by atoms with E-state index in [4.69, 9.17) is 13.9 Å². The highest BCUT2D eigenvalue weighted by Gasteiger charge is 2.08. The van der Waals surface area contributed by atoms with Gasteiger partial charge in [0.2, 0.25) is 0 Å². The van der Waals surface area contributed by atoms with Crippen molar-refractivity contribution < 1.29 is 19.0 Å². The Balaban J connectivity index is 1.84. The Kier molecular flexibility index (Phi) is 4.42. The van der Waals surface area contributed by atoms with Crippen molar-refractivity contribution in [3.05, 3.63) is 64.0 Å². The molecule has 0 aliphatic heterocycles. The Labute approximate surface area is 139 Å². The van der Waals surface area contributed by atoms with E-state index >= 15 is 0 Å². The molecule has 0 aliphatic carbocycles. The van der Waals surface area contributed by atoms with Crippen molar-refractivity contribution in [3.63, 3.8) is 0 Å². The SMILES string of the molecule is COc1ccc2c(=O)cc(CCc3ccc(OC)c(O)c3)oc2c1. The summed E-state index contributed by atoms with van der Waals surface area (Å²) in [5, 5.41) is 10.3. The van der Waals surface area contributed by atoms with Crippen LogP contribution in [0.2, 0.25) is 0 Å². The monoisotopic (exact) mass is 326 g/mol. The number of hydrogen-bond acceptors (Lipinski definition) is 5. The third kappa shape index (κ3) is 3.20. The lowest BCUT2D eigenvalue weighted by atomic mass is 10.1. The molecule has 3 rings (SSSR count). The van der Waals surface area contributed by atoms with Crippen LogP contribution in [0.3, 0.4) is 0 Å². The van der Waals surface area contributed by atoms with Gasteiger partial charge in [0, 0.05) is 18.6 Å². The van der Waals surface area contributed by atoms with Crippen molar-refractivity contribution in [1.82, 2.24) is 0 Å². The molecule has 0 saturated carbocycles. The van der Waals surface area contributed by atoms with Crippen LogP contribution in [-0.2, 0) is 12.8 Å². The van der Waals surface area contributed by atoms with Gasteiger partial charge in [-0.25, -0.2) is 0 Å². The molecule has 0 unspecified atom stereocenters. The standard InChI is InChI=1S/C19H18O5/c1-22-13-6-7-15-16(20)10-14(24-19(15)11-13)5-3-12-4-8-18(23-2)17(21)9-12/h4,6-11,21H,3,5H2,1-2H3. The number of ether oxygens (including phenoxy) is 2. The number of hydrogen-bond donors (Lipinski definition) is 1. The van der Waals surface area contributed by atoms with Crippen molar-refractivity contribution in [2.75, 3.05) is 14.2 Å². The number of phenolic OH excluding ortho intramolecular Hbond substituents is 1. The molecule has 0 atom stereocenters. The first kappa shape index (κ1) is 15.9. The van der Waals surface area contributed by atoms with Crippen LogP contribution in [0, 0.1) is 0 Å². The summed E-state index contributed by atoms with van der Waals surface area (Å²) in [6.45, 7) is 0. The minimum atomic E-state index is -0.0773. The van der Waals surface area contributed by atoms with Crippen LogP contribution < -0.4 is 14.9 Å². The Hall–Kier alpha value is -2.95. The summed E-state index contributed by atoms with van der Waals surface area (Å²) in [5.74, 6) is 1.77. The van der Waals surface area contributed by atoms with E-state index in [1.807, 2.05) is 6.07 Å². The molecule has 0 amide bonds. The van der Waals surface area contributed by atoms with Gasteiger partial charge in [-0.1, -0.05) is 6.07 Å². The third-order valence-corrected chi connectivity index (χ3v) is 3.89. The van der Waals surface area contributed by atoms with E-state index in [1.54, 1.807) is 37.4 Å². The van der Waals surface area contributed by atoms with Crippen molar-refractivity contribution in [2.24, 2.45) is 0 Å². The van der Waals surface area contributed by atoms with Gasteiger partial charge in [-0.15, -0.1) is 0 Å². The fourth-order valence-electron chi connectivity index (χ4n) is 2.59. The minimum Gasteiger partial charge on any atom is -0.504 e. The lowest BCUT2D eigenvalue weighted by Crippen LogP contribution is -2.03. The summed E-state index contributed by atoms with van der Waals surface area (Å²) in [4.78, 5) is 12.2. The molecular formula is C19H18O5. The van der Waals surface area contributed by atoms with E-state index in [9.17, 15) is 9.90 Å². The molecule has 1 N–H and O–H groups in total. The Morgan fingerprint density at radius 2 is 1.83 bits per heavy atom. The normalized spacial score (nSPS) is 10.8. The topological polar surface area (TPSA) is 68.9 Å². The van der Waals surface area contributed by atoms with E-state index in [1.165, 1.54) is 13.2 Å². The largest absolute Gasteiger partial charge is 0.504 e. The summed E-state index contributed by atoms with van der Waals surface area (Å²) >= 11 is 0. The van der Waals surface area contributed by atoms with Crippen LogP contribution in [0.4, 0.5) is 0 Å². The summed E-state index contributed by atoms with van der Waals surface area (Å²) in [7, 11) is 3.08. The second kappa shape index (κ2) is 6.66. The van der Waals surface area contributed by atoms with Gasteiger partial charge in [0.1, 0.15) is 17.1 Å². The smallest absolute Gasteiger partial charge is 0.192 e. The number of benzene rings is 2. The van der Waals surface area contributed by atoms with E-state index in [-0.39, 0.29) is 11.2 Å². The lowest BCUT2D eigenvalue weighted by molar-refractivity contribution is 0.373. The average Bonchev–Trinajstić information content (AvgIpc) is 2.59. The number of methoxy groups -OCH3 is 2. The third-order valence-electron chi connectivity index (χ3n) is 3.89. The highest BCUT2D eigenvalue weighted by molar-refractivity contribution is 5.77. The Morgan fingerprint density at radius 3 is 2.54 bits per heavy atom. The number of aryl methyl sites for hydroxylation is 2. The summed E-state index contributed by atoms with van der Waals surface area (Å²) in [6.07, 6.45) is 1.18. The van der Waals surface area contributed by atoms with Crippen molar-refractivity contribution in [2.45, 2.75) is 12.8 Å². The maximum absolute atomic E-state index is 12.2. The zero-order valence-corrected chi connectivity index (χ0v) is 13.5. The van der Waals surface area contributed by atoms with Gasteiger partial charge in [0.05, 0.1) is 19.6 Å². The zero-order valence-electron chi connectivity index (χ0n) is 13.5. The first-order chi connectivity index (χ1) is 11.6. The molecular weight excluding hydrogens is 308 g/mol. The molecule has 3 aromatic rings. The summed E-state index contributed by atoms with van der Waals surface area (Å²) < 4.78 is 16.0. The molecule has 1 heterocycles. The van der Waals surface area contributed by atoms with Gasteiger partial charge >= 0.3 is 0 Å². The summed E-state index contributed by atoms with van der Waals surface area (Å²) in [5.41, 5.74) is 1.36. The highest BCUT2D eigenvalue weighted by atomic mass is 16.5. The molecule has 2 aromatic carbocycles. The summed E-state index contributed by atoms with van der Waals surface area (Å²) in [6, 6.07) is 11.9. The lowest BCUT2D eigenvalue weighted by Gasteiger charge is -2.07. The number of fused-ring (bicyclic) bond motifs is 1. The fraction of sp³-hybridized carbons (Fsp3) is 0.211. The maximum atomic E-state index is 12.2. The minimum absolute atomic E-state index is 0.0773. The van der Waals surface area contributed by atoms with Gasteiger partial charge in [0.25, 0.3) is 0 Å². The second-order valence-electron chi connectivity index (χ2n) is 5.45. The van der Waals surface area contributed by atoms with Gasteiger partial charge in [-0.2, -0.15) is 0 Å². The predicted molar refractivity (Wildman–Crippen MR) is 91.1 cm³/mol. The van der Waals surface area contributed by atoms with Gasteiger partial charge in [0.15, 0.2) is 16.9 Å². The molecule has 24 heavy (non-hydrogen) atoms. The number of phenols is 1. The number of rotatable bonds is 5. The Morgan fingerprint density at radius 1 is 1.00 bits per heavy atom. The average molecular weight is 326 g/mol. The molecule has 5 heteroatoms. The molecule has 0 bridgehead atoms. The molecule has 0 aliphatic rings. The molecule has 124 valence electrons. The fourth-order valence-corrected chi connectivity index (χ4v) is 2.59. The molecule has 0 saturated heterocycles. The van der Waals surface area contributed by atoms with Crippen LogP contribution in [0.1, 0.15) is 11.3 Å². The van der Waals surface area contributed by atoms with E-state index in [0.717, 1.165) is 5.56 Å². The van der Waals surface area contributed by atoms with Crippen molar-refractivity contribution >= 4 is 11.0 Å². The first-order valence-electron chi connectivity index (χ1n) is 7.57. The van der Waals surface area contributed by atoms with Crippen LogP contribution in [0.5, 0.6) is 17.2 Å². The van der Waals surface area contributed by atoms with Crippen molar-refractivity contribution in [1.29, 1.82) is 0 Å². The molecule has 0 fully saturated rings. The van der Waals surface area contributed by atoms with Gasteiger partial charge < -0.3 is 19.0 Å². The van der Waals surface area contributed by atoms with Crippen LogP contribution in [0.25, 0.3) is 11.0 Å². The first-order valence-corrected chi connectivity index (χ1v) is 7.57. The van der Waals surface area contributed by atoms with Crippen LogP contribution in [0.15, 0.2) is 51.7 Å². The van der Waals surface area contributed by atoms with Gasteiger partial charge in [-0.05, 0) is 36.2 Å². The zero-order chi connectivity index (χ0) is 17.1. The molecule has 0 radical (unpaired) electrons. The second-order valence-corrected chi connectivity index (χ2v) is 5.45. The highest BCUT2D eigenvalue weighted by Crippen LogP contribution is 2.27. The molecule has 1 aromatic heterocycles. The van der Waals surface area contributed by atoms with E-state index < -0.39 is 0 Å². The molecule has 0 spiro atoms. The number of aromatic hydroxyl groups is 1. The van der Waals surface area contributed by atoms with Crippen molar-refractivity contribution in [3.8, 4) is 17.2 Å². The predicted octanol–water partition coefficient (Wildman–Crippen LogP) is 3.30. The Bertz CT molecular complexity index is 927. The van der Waals surface area contributed by atoms with E-state index in [0.29, 0.717) is 41.1 Å². The van der Waals surface area contributed by atoms with Gasteiger partial charge in [-0.3, -0.25) is 4.79 Å². The maximum Gasteiger partial charge on any atom is 0.192 e.